The van der Waals surface area contributed by atoms with E-state index >= 15 is 0 Å². The fraction of sp³-hybridized carbons (Fsp3) is 0.500. The highest BCUT2D eigenvalue weighted by molar-refractivity contribution is 5.55. The Balaban J connectivity index is 2.32. The first kappa shape index (κ1) is 13.2. The molecule has 2 rings (SSSR count). The van der Waals surface area contributed by atoms with Gasteiger partial charge in [-0.25, -0.2) is 0 Å². The lowest BCUT2D eigenvalue weighted by Gasteiger charge is -2.33. The summed E-state index contributed by atoms with van der Waals surface area (Å²) in [6, 6.07) is 8.73. The van der Waals surface area contributed by atoms with E-state index in [4.69, 9.17) is 0 Å². The highest BCUT2D eigenvalue weighted by atomic mass is 15.2. The van der Waals surface area contributed by atoms with Crippen molar-refractivity contribution in [1.29, 1.82) is 0 Å². The van der Waals surface area contributed by atoms with E-state index in [1.807, 2.05) is 0 Å². The third-order valence-corrected chi connectivity index (χ3v) is 3.92. The number of hydrogen-bond donors (Lipinski definition) is 1. The quantitative estimate of drug-likeness (QED) is 0.820. The molecule has 0 saturated heterocycles. The van der Waals surface area contributed by atoms with Crippen molar-refractivity contribution in [3.8, 4) is 0 Å². The van der Waals surface area contributed by atoms with E-state index in [0.29, 0.717) is 0 Å². The van der Waals surface area contributed by atoms with Crippen LogP contribution in [0.25, 0.3) is 0 Å². The first-order valence-corrected chi connectivity index (χ1v) is 6.87. The Bertz CT molecular complexity index is 425. The number of fused-ring (bicyclic) bond motifs is 1. The SMILES string of the molecule is C/C=C/CN1CC(C)(CC)NCc2ccccc21. The molecule has 0 fully saturated rings. The van der Waals surface area contributed by atoms with Crippen LogP contribution in [0.4, 0.5) is 5.69 Å². The van der Waals surface area contributed by atoms with Gasteiger partial charge in [0.15, 0.2) is 0 Å². The Hall–Kier alpha value is -1.28. The Morgan fingerprint density at radius 3 is 2.89 bits per heavy atom. The van der Waals surface area contributed by atoms with Crippen LogP contribution in [0.1, 0.15) is 32.8 Å². The molecule has 1 atom stereocenters. The summed E-state index contributed by atoms with van der Waals surface area (Å²) in [4.78, 5) is 2.48. The van der Waals surface area contributed by atoms with Gasteiger partial charge in [-0.15, -0.1) is 0 Å². The number of rotatable bonds is 3. The first-order chi connectivity index (χ1) is 8.68. The fourth-order valence-corrected chi connectivity index (χ4v) is 2.47. The standard InChI is InChI=1S/C16H24N2/c1-4-6-11-18-13-16(3,5-2)17-12-14-9-7-8-10-15(14)18/h4,6-10,17H,5,11-13H2,1-3H3/b6-4+. The summed E-state index contributed by atoms with van der Waals surface area (Å²) in [5, 5.41) is 3.70. The summed E-state index contributed by atoms with van der Waals surface area (Å²) in [7, 11) is 0. The summed E-state index contributed by atoms with van der Waals surface area (Å²) in [6.45, 7) is 9.68. The molecule has 0 saturated carbocycles. The molecular formula is C16H24N2. The van der Waals surface area contributed by atoms with Gasteiger partial charge in [0.25, 0.3) is 0 Å². The van der Waals surface area contributed by atoms with Crippen LogP contribution in [0.2, 0.25) is 0 Å². The average molecular weight is 244 g/mol. The molecule has 2 nitrogen and oxygen atoms in total. The molecule has 1 aromatic rings. The number of nitrogens with one attached hydrogen (secondary N) is 1. The van der Waals surface area contributed by atoms with Crippen LogP contribution >= 0.6 is 0 Å². The molecule has 1 heterocycles. The third-order valence-electron chi connectivity index (χ3n) is 3.92. The van der Waals surface area contributed by atoms with Crippen molar-refractivity contribution < 1.29 is 0 Å². The second kappa shape index (κ2) is 5.57. The maximum absolute atomic E-state index is 3.70. The summed E-state index contributed by atoms with van der Waals surface area (Å²) >= 11 is 0. The Morgan fingerprint density at radius 2 is 2.17 bits per heavy atom. The van der Waals surface area contributed by atoms with E-state index in [0.717, 1.165) is 26.1 Å². The van der Waals surface area contributed by atoms with Crippen LogP contribution in [0.15, 0.2) is 36.4 Å². The van der Waals surface area contributed by atoms with Crippen LogP contribution < -0.4 is 10.2 Å². The van der Waals surface area contributed by atoms with Crippen molar-refractivity contribution in [2.24, 2.45) is 0 Å². The zero-order chi connectivity index (χ0) is 13.0. The zero-order valence-electron chi connectivity index (χ0n) is 11.7. The van der Waals surface area contributed by atoms with E-state index in [1.165, 1.54) is 11.3 Å². The minimum Gasteiger partial charge on any atom is -0.366 e. The average Bonchev–Trinajstić information content (AvgIpc) is 2.55. The normalized spacial score (nSPS) is 24.1. The van der Waals surface area contributed by atoms with E-state index < -0.39 is 0 Å². The number of anilines is 1. The summed E-state index contributed by atoms with van der Waals surface area (Å²) in [6.07, 6.45) is 5.51. The van der Waals surface area contributed by atoms with Gasteiger partial charge in [0.2, 0.25) is 0 Å². The molecule has 1 aliphatic heterocycles. The van der Waals surface area contributed by atoms with Crippen molar-refractivity contribution in [3.05, 3.63) is 42.0 Å². The minimum atomic E-state index is 0.195. The number of allylic oxidation sites excluding steroid dienone is 1. The highest BCUT2D eigenvalue weighted by Gasteiger charge is 2.28. The van der Waals surface area contributed by atoms with Gasteiger partial charge in [-0.3, -0.25) is 0 Å². The topological polar surface area (TPSA) is 15.3 Å². The molecule has 0 radical (unpaired) electrons. The molecule has 0 aliphatic carbocycles. The molecule has 0 aromatic heterocycles. The van der Waals surface area contributed by atoms with Crippen LogP contribution in [0, 0.1) is 0 Å². The summed E-state index contributed by atoms with van der Waals surface area (Å²) in [5.74, 6) is 0. The van der Waals surface area contributed by atoms with Gasteiger partial charge in [0.1, 0.15) is 0 Å². The lowest BCUT2D eigenvalue weighted by molar-refractivity contribution is 0.351. The second-order valence-corrected chi connectivity index (χ2v) is 5.35. The summed E-state index contributed by atoms with van der Waals surface area (Å²) < 4.78 is 0. The van der Waals surface area contributed by atoms with Crippen LogP contribution in [-0.2, 0) is 6.54 Å². The number of nitrogens with zero attached hydrogens (tertiary/aromatic N) is 1. The molecule has 98 valence electrons. The molecule has 0 spiro atoms. The smallest absolute Gasteiger partial charge is 0.0415 e. The van der Waals surface area contributed by atoms with E-state index in [-0.39, 0.29) is 5.54 Å². The van der Waals surface area contributed by atoms with Crippen molar-refractivity contribution in [3.63, 3.8) is 0 Å². The number of hydrogen-bond acceptors (Lipinski definition) is 2. The van der Waals surface area contributed by atoms with E-state index in [2.05, 4.69) is 67.4 Å². The lowest BCUT2D eigenvalue weighted by Crippen LogP contribution is -2.48. The molecule has 1 unspecified atom stereocenters. The van der Waals surface area contributed by atoms with Crippen molar-refractivity contribution >= 4 is 5.69 Å². The summed E-state index contributed by atoms with van der Waals surface area (Å²) in [5.41, 5.74) is 2.97. The van der Waals surface area contributed by atoms with Gasteiger partial charge >= 0.3 is 0 Å². The Morgan fingerprint density at radius 1 is 1.39 bits per heavy atom. The molecule has 1 N–H and O–H groups in total. The monoisotopic (exact) mass is 244 g/mol. The molecular weight excluding hydrogens is 220 g/mol. The van der Waals surface area contributed by atoms with Gasteiger partial charge < -0.3 is 10.2 Å². The molecule has 0 bridgehead atoms. The maximum atomic E-state index is 3.70. The number of benzene rings is 1. The molecule has 18 heavy (non-hydrogen) atoms. The molecule has 1 aliphatic rings. The van der Waals surface area contributed by atoms with Crippen LogP contribution in [0.5, 0.6) is 0 Å². The first-order valence-electron chi connectivity index (χ1n) is 6.87. The predicted molar refractivity (Wildman–Crippen MR) is 79.0 cm³/mol. The van der Waals surface area contributed by atoms with Gasteiger partial charge in [0, 0.05) is 30.9 Å². The van der Waals surface area contributed by atoms with Crippen molar-refractivity contribution in [2.75, 3.05) is 18.0 Å². The van der Waals surface area contributed by atoms with E-state index in [9.17, 15) is 0 Å². The lowest BCUT2D eigenvalue weighted by atomic mass is 9.98. The van der Waals surface area contributed by atoms with Gasteiger partial charge in [0.05, 0.1) is 0 Å². The third kappa shape index (κ3) is 2.75. The van der Waals surface area contributed by atoms with E-state index in [1.54, 1.807) is 0 Å². The van der Waals surface area contributed by atoms with Crippen LogP contribution in [-0.4, -0.2) is 18.6 Å². The molecule has 2 heteroatoms. The van der Waals surface area contributed by atoms with Crippen molar-refractivity contribution in [1.82, 2.24) is 5.32 Å². The van der Waals surface area contributed by atoms with Crippen LogP contribution in [0.3, 0.4) is 0 Å². The molecule has 1 aromatic carbocycles. The fourth-order valence-electron chi connectivity index (χ4n) is 2.47. The Labute approximate surface area is 111 Å². The number of para-hydroxylation sites is 1. The van der Waals surface area contributed by atoms with Crippen molar-refractivity contribution in [2.45, 2.75) is 39.3 Å². The maximum Gasteiger partial charge on any atom is 0.0415 e. The van der Waals surface area contributed by atoms with Gasteiger partial charge in [-0.1, -0.05) is 37.3 Å². The minimum absolute atomic E-state index is 0.195. The Kier molecular flexibility index (Phi) is 4.07. The highest BCUT2D eigenvalue weighted by Crippen LogP contribution is 2.27. The zero-order valence-corrected chi connectivity index (χ0v) is 11.7. The predicted octanol–water partition coefficient (Wildman–Crippen LogP) is 3.34. The van der Waals surface area contributed by atoms with Gasteiger partial charge in [-0.05, 0) is 31.9 Å². The second-order valence-electron chi connectivity index (χ2n) is 5.35. The van der Waals surface area contributed by atoms with Gasteiger partial charge in [-0.2, -0.15) is 0 Å². The molecule has 0 amide bonds. The largest absolute Gasteiger partial charge is 0.366 e.